The van der Waals surface area contributed by atoms with Crippen molar-refractivity contribution in [3.05, 3.63) is 34.6 Å². The van der Waals surface area contributed by atoms with Crippen LogP contribution in [0.2, 0.25) is 5.02 Å². The van der Waals surface area contributed by atoms with E-state index in [1.54, 1.807) is 19.2 Å². The third kappa shape index (κ3) is 4.42. The van der Waals surface area contributed by atoms with Gasteiger partial charge in [-0.3, -0.25) is 11.3 Å². The molecule has 3 N–H and O–H groups in total. The summed E-state index contributed by atoms with van der Waals surface area (Å²) in [6, 6.07) is 4.68. The maximum Gasteiger partial charge on any atom is 0.142 e. The molecule has 0 heterocycles. The van der Waals surface area contributed by atoms with E-state index in [0.29, 0.717) is 6.42 Å². The summed E-state index contributed by atoms with van der Waals surface area (Å²) in [6.07, 6.45) is 0.483. The van der Waals surface area contributed by atoms with Crippen LogP contribution >= 0.6 is 11.6 Å². The molecule has 1 rings (SSSR count). The third-order valence-electron chi connectivity index (χ3n) is 3.13. The standard InChI is InChI=1S/C14H22ClFN2O/c1-14(2,3)13(19-4)12(18-17)8-9-5-6-10(15)11(16)7-9/h5-7,12-13,18H,8,17H2,1-4H3. The van der Waals surface area contributed by atoms with Crippen molar-refractivity contribution in [2.75, 3.05) is 7.11 Å². The van der Waals surface area contributed by atoms with Gasteiger partial charge in [0.15, 0.2) is 0 Å². The number of rotatable bonds is 5. The molecule has 0 bridgehead atoms. The molecule has 0 amide bonds. The maximum atomic E-state index is 13.4. The second kappa shape index (κ2) is 6.66. The highest BCUT2D eigenvalue weighted by Gasteiger charge is 2.31. The molecule has 0 aliphatic rings. The molecule has 3 nitrogen and oxygen atoms in total. The Morgan fingerprint density at radius 3 is 2.47 bits per heavy atom. The molecule has 2 atom stereocenters. The number of hydrogen-bond donors (Lipinski definition) is 2. The Kier molecular flexibility index (Phi) is 5.74. The zero-order valence-corrected chi connectivity index (χ0v) is 12.6. The maximum absolute atomic E-state index is 13.4. The van der Waals surface area contributed by atoms with Crippen LogP contribution in [0.25, 0.3) is 0 Å². The van der Waals surface area contributed by atoms with Gasteiger partial charge in [-0.15, -0.1) is 0 Å². The smallest absolute Gasteiger partial charge is 0.142 e. The van der Waals surface area contributed by atoms with Gasteiger partial charge in [0.05, 0.1) is 17.2 Å². The molecule has 1 aromatic carbocycles. The Morgan fingerprint density at radius 1 is 1.42 bits per heavy atom. The summed E-state index contributed by atoms with van der Waals surface area (Å²) in [5.74, 6) is 5.19. The van der Waals surface area contributed by atoms with Gasteiger partial charge in [0.25, 0.3) is 0 Å². The molecule has 5 heteroatoms. The highest BCUT2D eigenvalue weighted by molar-refractivity contribution is 6.30. The van der Waals surface area contributed by atoms with E-state index in [1.807, 2.05) is 0 Å². The lowest BCUT2D eigenvalue weighted by Gasteiger charge is -2.35. The summed E-state index contributed by atoms with van der Waals surface area (Å²) in [5, 5.41) is 0.125. The van der Waals surface area contributed by atoms with Crippen LogP contribution in [-0.4, -0.2) is 19.3 Å². The van der Waals surface area contributed by atoms with E-state index < -0.39 is 5.82 Å². The molecular formula is C14H22ClFN2O. The number of nitrogens with one attached hydrogen (secondary N) is 1. The van der Waals surface area contributed by atoms with Crippen molar-refractivity contribution < 1.29 is 9.13 Å². The van der Waals surface area contributed by atoms with Crippen LogP contribution in [0, 0.1) is 11.2 Å². The molecule has 108 valence electrons. The van der Waals surface area contributed by atoms with Gasteiger partial charge in [0.2, 0.25) is 0 Å². The van der Waals surface area contributed by atoms with Crippen LogP contribution in [-0.2, 0) is 11.2 Å². The molecule has 1 aromatic rings. The predicted octanol–water partition coefficient (Wildman–Crippen LogP) is 2.91. The zero-order chi connectivity index (χ0) is 14.6. The number of hydrazine groups is 1. The first-order valence-corrected chi connectivity index (χ1v) is 6.60. The number of halogens is 2. The van der Waals surface area contributed by atoms with Gasteiger partial charge in [-0.05, 0) is 29.5 Å². The van der Waals surface area contributed by atoms with Crippen LogP contribution in [0.5, 0.6) is 0 Å². The lowest BCUT2D eigenvalue weighted by atomic mass is 9.82. The highest BCUT2D eigenvalue weighted by Crippen LogP contribution is 2.26. The number of ether oxygens (including phenoxy) is 1. The van der Waals surface area contributed by atoms with Crippen LogP contribution in [0.15, 0.2) is 18.2 Å². The predicted molar refractivity (Wildman–Crippen MR) is 76.5 cm³/mol. The van der Waals surface area contributed by atoms with Gasteiger partial charge in [-0.25, -0.2) is 4.39 Å². The van der Waals surface area contributed by atoms with E-state index in [-0.39, 0.29) is 22.6 Å². The minimum Gasteiger partial charge on any atom is -0.379 e. The first kappa shape index (κ1) is 16.4. The molecule has 0 spiro atoms. The molecule has 2 unspecified atom stereocenters. The average Bonchev–Trinajstić information content (AvgIpc) is 2.31. The monoisotopic (exact) mass is 288 g/mol. The summed E-state index contributed by atoms with van der Waals surface area (Å²) in [6.45, 7) is 6.23. The first-order chi connectivity index (χ1) is 8.79. The van der Waals surface area contributed by atoms with Crippen LogP contribution in [0.3, 0.4) is 0 Å². The first-order valence-electron chi connectivity index (χ1n) is 6.22. The quantitative estimate of drug-likeness (QED) is 0.647. The van der Waals surface area contributed by atoms with Crippen LogP contribution in [0.1, 0.15) is 26.3 Å². The molecule has 0 aliphatic heterocycles. The SMILES string of the molecule is COC(C(Cc1ccc(Cl)c(F)c1)NN)C(C)(C)C. The molecule has 19 heavy (non-hydrogen) atoms. The highest BCUT2D eigenvalue weighted by atomic mass is 35.5. The lowest BCUT2D eigenvalue weighted by molar-refractivity contribution is -0.0110. The summed E-state index contributed by atoms with van der Waals surface area (Å²) >= 11 is 5.67. The molecule has 0 aromatic heterocycles. The molecule has 0 saturated carbocycles. The molecule has 0 aliphatic carbocycles. The van der Waals surface area contributed by atoms with Crippen molar-refractivity contribution in [1.82, 2.24) is 5.43 Å². The third-order valence-corrected chi connectivity index (χ3v) is 3.43. The second-order valence-electron chi connectivity index (χ2n) is 5.75. The van der Waals surface area contributed by atoms with Crippen molar-refractivity contribution in [1.29, 1.82) is 0 Å². The summed E-state index contributed by atoms with van der Waals surface area (Å²) in [5.41, 5.74) is 3.52. The van der Waals surface area contributed by atoms with Gasteiger partial charge in [0, 0.05) is 7.11 Å². The molecule has 0 saturated heterocycles. The van der Waals surface area contributed by atoms with E-state index in [2.05, 4.69) is 26.2 Å². The number of nitrogens with two attached hydrogens (primary N) is 1. The number of benzene rings is 1. The van der Waals surface area contributed by atoms with E-state index in [1.165, 1.54) is 6.07 Å². The van der Waals surface area contributed by atoms with Gasteiger partial charge in [-0.2, -0.15) is 0 Å². The van der Waals surface area contributed by atoms with Crippen molar-refractivity contribution in [2.24, 2.45) is 11.3 Å². The Bertz CT molecular complexity index is 420. The lowest BCUT2D eigenvalue weighted by Crippen LogP contribution is -2.51. The topological polar surface area (TPSA) is 47.3 Å². The van der Waals surface area contributed by atoms with Crippen LogP contribution < -0.4 is 11.3 Å². The Morgan fingerprint density at radius 2 is 2.05 bits per heavy atom. The van der Waals surface area contributed by atoms with Gasteiger partial charge in [0.1, 0.15) is 5.82 Å². The van der Waals surface area contributed by atoms with Gasteiger partial charge in [-0.1, -0.05) is 38.4 Å². The minimum absolute atomic E-state index is 0.0727. The van der Waals surface area contributed by atoms with Gasteiger partial charge >= 0.3 is 0 Å². The Balaban J connectivity index is 2.89. The zero-order valence-electron chi connectivity index (χ0n) is 11.8. The van der Waals surface area contributed by atoms with Gasteiger partial charge < -0.3 is 4.74 Å². The minimum atomic E-state index is -0.417. The molecule has 0 radical (unpaired) electrons. The largest absolute Gasteiger partial charge is 0.379 e. The fraction of sp³-hybridized carbons (Fsp3) is 0.571. The normalized spacial score (nSPS) is 15.3. The molecule has 0 fully saturated rings. The summed E-state index contributed by atoms with van der Waals surface area (Å²) in [7, 11) is 1.66. The van der Waals surface area contributed by atoms with E-state index in [9.17, 15) is 4.39 Å². The van der Waals surface area contributed by atoms with E-state index in [0.717, 1.165) is 5.56 Å². The van der Waals surface area contributed by atoms with E-state index >= 15 is 0 Å². The summed E-state index contributed by atoms with van der Waals surface area (Å²) < 4.78 is 19.0. The fourth-order valence-electron chi connectivity index (χ4n) is 2.30. The second-order valence-corrected chi connectivity index (χ2v) is 6.16. The van der Waals surface area contributed by atoms with Crippen molar-refractivity contribution in [2.45, 2.75) is 39.3 Å². The van der Waals surface area contributed by atoms with Crippen molar-refractivity contribution in [3.8, 4) is 0 Å². The average molecular weight is 289 g/mol. The Hall–Kier alpha value is -0.680. The Labute approximate surface area is 119 Å². The van der Waals surface area contributed by atoms with E-state index in [4.69, 9.17) is 22.2 Å². The molecular weight excluding hydrogens is 267 g/mol. The number of methoxy groups -OCH3 is 1. The fourth-order valence-corrected chi connectivity index (χ4v) is 2.41. The number of hydrogen-bond acceptors (Lipinski definition) is 3. The van der Waals surface area contributed by atoms with Crippen molar-refractivity contribution >= 4 is 11.6 Å². The summed E-state index contributed by atoms with van der Waals surface area (Å²) in [4.78, 5) is 0. The van der Waals surface area contributed by atoms with Crippen molar-refractivity contribution in [3.63, 3.8) is 0 Å². The van der Waals surface area contributed by atoms with Crippen LogP contribution in [0.4, 0.5) is 4.39 Å².